The number of carbonyl (C=O) groups excluding carboxylic acids is 2. The topological polar surface area (TPSA) is 88.5 Å². The van der Waals surface area contributed by atoms with Crippen molar-refractivity contribution in [3.8, 4) is 43.9 Å². The summed E-state index contributed by atoms with van der Waals surface area (Å²) in [5, 5.41) is 11.5. The number of benzene rings is 6. The highest BCUT2D eigenvalue weighted by atomic mass is 35.5. The van der Waals surface area contributed by atoms with E-state index in [0.717, 1.165) is 88.4 Å². The molecule has 0 bridgehead atoms. The predicted octanol–water partition coefficient (Wildman–Crippen LogP) is 16.8. The molecule has 0 saturated carbocycles. The lowest BCUT2D eigenvalue weighted by Gasteiger charge is -2.26. The van der Waals surface area contributed by atoms with E-state index in [0.29, 0.717) is 23.3 Å². The molecule has 2 fully saturated rings. The van der Waals surface area contributed by atoms with Crippen molar-refractivity contribution in [2.45, 2.75) is 74.7 Å². The van der Waals surface area contributed by atoms with Crippen molar-refractivity contribution in [1.29, 1.82) is 0 Å². The van der Waals surface area contributed by atoms with Crippen molar-refractivity contribution in [1.82, 2.24) is 9.80 Å². The Labute approximate surface area is 465 Å². The number of thiophene rings is 2. The lowest BCUT2D eigenvalue weighted by Crippen LogP contribution is -2.33. The van der Waals surface area contributed by atoms with Gasteiger partial charge in [-0.25, -0.2) is 0 Å². The monoisotopic (exact) mass is 1090 g/mol. The van der Waals surface area contributed by atoms with E-state index in [-0.39, 0.29) is 52.0 Å². The minimum atomic E-state index is -0.0454. The smallest absolute Gasteiger partial charge is 0.195 e. The number of halogens is 2. The van der Waals surface area contributed by atoms with Crippen LogP contribution in [-0.2, 0) is 0 Å². The summed E-state index contributed by atoms with van der Waals surface area (Å²) in [4.78, 5) is 34.0. The van der Waals surface area contributed by atoms with Crippen LogP contribution in [0.15, 0.2) is 133 Å². The van der Waals surface area contributed by atoms with Crippen molar-refractivity contribution in [3.63, 3.8) is 0 Å². The molecule has 75 heavy (non-hydrogen) atoms. The van der Waals surface area contributed by atoms with Crippen LogP contribution in [0, 0.1) is 13.8 Å². The number of likely N-dealkylation sites (tertiary alicyclic amines) is 2. The third-order valence-corrected chi connectivity index (χ3v) is 15.6. The number of phenolic OH excluding ortho intramolecular Hbond substituents is 1. The largest absolute Gasteiger partial charge is 0.508 e. The minimum absolute atomic E-state index is 0. The number of phenols is 1. The number of aromatic hydroxyl groups is 1. The van der Waals surface area contributed by atoms with Gasteiger partial charge in [0.2, 0.25) is 0 Å². The normalized spacial score (nSPS) is 13.2. The quantitative estimate of drug-likeness (QED) is 0.0851. The summed E-state index contributed by atoms with van der Waals surface area (Å²) in [6.07, 6.45) is 8.07. The summed E-state index contributed by atoms with van der Waals surface area (Å²) < 4.78 is 18.8. The minimum Gasteiger partial charge on any atom is -0.508 e. The van der Waals surface area contributed by atoms with Crippen molar-refractivity contribution < 1.29 is 28.9 Å². The third kappa shape index (κ3) is 15.9. The van der Waals surface area contributed by atoms with Crippen LogP contribution in [0.2, 0.25) is 0 Å². The van der Waals surface area contributed by atoms with E-state index in [2.05, 4.69) is 41.0 Å². The summed E-state index contributed by atoms with van der Waals surface area (Å²) in [7, 11) is 3.30. The summed E-state index contributed by atoms with van der Waals surface area (Å²) in [5.74, 6) is 3.31. The van der Waals surface area contributed by atoms with Gasteiger partial charge in [0, 0.05) is 71.1 Å². The molecule has 0 aliphatic carbocycles. The standard InChI is InChI=1S/C30H31NO3S.C23H18O3S.C7H14ClN.3CH4.ClH/c1-21-6-15-26-27(20-21)35-30(23-9-11-24(33-2)12-10-23)28(26)29(32)22-7-13-25(14-8-22)34-19-18-31-16-4-3-5-17-31;1-14-3-12-19-20(13-14)27-23(16-6-10-18(26-2)11-7-16)21(19)22(25)15-4-8-17(24)9-5-15;8-4-7-9-5-2-1-3-6-9;;;;/h6-15,20H,3-5,16-19H2,1-2H3;3-13,24H,1-2H3;1-7H2;3*1H4;1H. The van der Waals surface area contributed by atoms with E-state index in [1.54, 1.807) is 61.2 Å². The van der Waals surface area contributed by atoms with Crippen LogP contribution in [-0.4, -0.2) is 92.4 Å². The molecule has 2 aromatic heterocycles. The van der Waals surface area contributed by atoms with E-state index in [1.165, 1.54) is 70.3 Å². The number of ether oxygens (including phenoxy) is 3. The molecule has 0 atom stereocenters. The molecule has 8 nitrogen and oxygen atoms in total. The zero-order chi connectivity index (χ0) is 49.7. The van der Waals surface area contributed by atoms with Gasteiger partial charge < -0.3 is 24.2 Å². The number of fused-ring (bicyclic) bond motifs is 2. The molecular weight excluding hydrogens is 1020 g/mol. The number of hydrogen-bond acceptors (Lipinski definition) is 10. The number of hydrogen-bond donors (Lipinski definition) is 1. The molecule has 0 unspecified atom stereocenters. The zero-order valence-electron chi connectivity index (χ0n) is 41.6. The van der Waals surface area contributed by atoms with Gasteiger partial charge >= 0.3 is 0 Å². The Hall–Kier alpha value is -5.72. The second-order valence-corrected chi connectivity index (χ2v) is 20.6. The maximum absolute atomic E-state index is 13.8. The van der Waals surface area contributed by atoms with Gasteiger partial charge in [-0.05, 0) is 197 Å². The summed E-state index contributed by atoms with van der Waals surface area (Å²) in [5.41, 5.74) is 7.03. The van der Waals surface area contributed by atoms with Crippen LogP contribution < -0.4 is 14.2 Å². The lowest BCUT2D eigenvalue weighted by atomic mass is 9.97. The van der Waals surface area contributed by atoms with Gasteiger partial charge in [0.25, 0.3) is 0 Å². The molecule has 4 heterocycles. The highest BCUT2D eigenvalue weighted by molar-refractivity contribution is 7.23. The van der Waals surface area contributed by atoms with Gasteiger partial charge in [-0.3, -0.25) is 14.5 Å². The molecule has 400 valence electrons. The average Bonchev–Trinajstić information content (AvgIpc) is 3.98. The van der Waals surface area contributed by atoms with Gasteiger partial charge in [-0.15, -0.1) is 46.7 Å². The molecule has 1 N–H and O–H groups in total. The first-order chi connectivity index (χ1) is 34.6. The van der Waals surface area contributed by atoms with Gasteiger partial charge in [-0.1, -0.05) is 59.4 Å². The van der Waals surface area contributed by atoms with E-state index in [4.69, 9.17) is 25.8 Å². The second kappa shape index (κ2) is 30.1. The van der Waals surface area contributed by atoms with Crippen molar-refractivity contribution in [2.24, 2.45) is 0 Å². The number of piperidine rings is 2. The van der Waals surface area contributed by atoms with Crippen LogP contribution in [0.3, 0.4) is 0 Å². The molecule has 2 aliphatic heterocycles. The van der Waals surface area contributed by atoms with Crippen molar-refractivity contribution in [2.75, 3.05) is 66.0 Å². The fourth-order valence-corrected chi connectivity index (χ4v) is 12.0. The van der Waals surface area contributed by atoms with Crippen LogP contribution in [0.5, 0.6) is 23.0 Å². The van der Waals surface area contributed by atoms with Crippen LogP contribution in [0.1, 0.15) is 104 Å². The number of rotatable bonds is 14. The maximum atomic E-state index is 13.8. The van der Waals surface area contributed by atoms with Gasteiger partial charge in [-0.2, -0.15) is 0 Å². The Kier molecular flexibility index (Phi) is 24.8. The Bertz CT molecular complexity index is 3010. The summed E-state index contributed by atoms with van der Waals surface area (Å²) in [6, 6.07) is 42.1. The first-order valence-corrected chi connectivity index (χ1v) is 26.8. The number of carbonyl (C=O) groups is 2. The maximum Gasteiger partial charge on any atom is 0.195 e. The number of alkyl halides is 1. The molecule has 12 heteroatoms. The van der Waals surface area contributed by atoms with Gasteiger partial charge in [0.15, 0.2) is 11.6 Å². The number of nitrogens with zero attached hydrogens (tertiary/aromatic N) is 2. The Morgan fingerprint density at radius 3 is 1.32 bits per heavy atom. The molecule has 2 saturated heterocycles. The van der Waals surface area contributed by atoms with Gasteiger partial charge in [0.05, 0.1) is 14.2 Å². The third-order valence-electron chi connectivity index (χ3n) is 13.1. The van der Waals surface area contributed by atoms with E-state index in [9.17, 15) is 14.7 Å². The first kappa shape index (κ1) is 61.8. The second-order valence-electron chi connectivity index (χ2n) is 18.1. The van der Waals surface area contributed by atoms with Crippen LogP contribution in [0.25, 0.3) is 41.1 Å². The first-order valence-electron chi connectivity index (χ1n) is 24.6. The number of ketones is 2. The van der Waals surface area contributed by atoms with Crippen molar-refractivity contribution in [3.05, 3.63) is 167 Å². The molecule has 0 amide bonds. The summed E-state index contributed by atoms with van der Waals surface area (Å²) in [6.45, 7) is 11.7. The summed E-state index contributed by atoms with van der Waals surface area (Å²) >= 11 is 8.88. The Morgan fingerprint density at radius 2 is 0.920 bits per heavy atom. The molecule has 8 aromatic rings. The fourth-order valence-electron chi connectivity index (χ4n) is 9.13. The number of methoxy groups -OCH3 is 2. The van der Waals surface area contributed by atoms with Crippen LogP contribution in [0.4, 0.5) is 0 Å². The molecular formula is C63H76Cl2N2O6S2. The highest BCUT2D eigenvalue weighted by Crippen LogP contribution is 2.42. The van der Waals surface area contributed by atoms with Crippen LogP contribution >= 0.6 is 46.7 Å². The number of aryl methyl sites for hydroxylation is 2. The Balaban J connectivity index is 0.000000271. The lowest BCUT2D eigenvalue weighted by molar-refractivity contribution is 0.103. The van der Waals surface area contributed by atoms with Gasteiger partial charge in [0.1, 0.15) is 29.6 Å². The van der Waals surface area contributed by atoms with E-state index >= 15 is 0 Å². The van der Waals surface area contributed by atoms with E-state index in [1.807, 2.05) is 91.9 Å². The van der Waals surface area contributed by atoms with E-state index < -0.39 is 0 Å². The zero-order valence-corrected chi connectivity index (χ0v) is 44.8. The molecule has 0 spiro atoms. The molecule has 10 rings (SSSR count). The van der Waals surface area contributed by atoms with Crippen molar-refractivity contribution >= 4 is 78.4 Å². The molecule has 0 radical (unpaired) electrons. The molecule has 6 aromatic carbocycles. The Morgan fingerprint density at radius 1 is 0.533 bits per heavy atom. The fraction of sp³-hybridized carbons (Fsp3) is 0.333. The molecule has 2 aliphatic rings. The highest BCUT2D eigenvalue weighted by Gasteiger charge is 2.24. The average molecular weight is 1090 g/mol. The SMILES string of the molecule is C.C.C.COc1ccc(-c2sc3cc(C)ccc3c2C(=O)c2ccc(O)cc2)cc1.COc1ccc(-c2sc3cc(C)ccc3c2C(=O)c2ccc(OCCN3CCCCC3)cc2)cc1.Cl.ClCCN1CCCCC1. The predicted molar refractivity (Wildman–Crippen MR) is 323 cm³/mol.